The number of rotatable bonds is 5. The van der Waals surface area contributed by atoms with Gasteiger partial charge < -0.3 is 15.2 Å². The molecule has 1 aromatic carbocycles. The maximum absolute atomic E-state index is 10.7. The van der Waals surface area contributed by atoms with Crippen molar-refractivity contribution in [2.45, 2.75) is 32.4 Å². The molecule has 0 bridgehead atoms. The molecule has 5 heteroatoms. The van der Waals surface area contributed by atoms with Crippen molar-refractivity contribution < 1.29 is 14.6 Å². The van der Waals surface area contributed by atoms with Crippen LogP contribution in [-0.4, -0.2) is 48.3 Å². The Labute approximate surface area is 119 Å². The number of likely N-dealkylation sites (N-methyl/N-ethyl adjacent to an activating group) is 1. The molecule has 1 aromatic rings. The van der Waals surface area contributed by atoms with Crippen LogP contribution in [0.25, 0.3) is 0 Å². The summed E-state index contributed by atoms with van der Waals surface area (Å²) in [6, 6.07) is 6.29. The van der Waals surface area contributed by atoms with Gasteiger partial charge in [-0.25, -0.2) is 0 Å². The number of hydrogen-bond donors (Lipinski definition) is 2. The van der Waals surface area contributed by atoms with Gasteiger partial charge in [-0.2, -0.15) is 0 Å². The summed E-state index contributed by atoms with van der Waals surface area (Å²) in [5.41, 5.74) is 2.20. The van der Waals surface area contributed by atoms with Crippen molar-refractivity contribution in [1.82, 2.24) is 4.90 Å². The third-order valence-electron chi connectivity index (χ3n) is 3.62. The predicted octanol–water partition coefficient (Wildman–Crippen LogP) is 1.83. The third kappa shape index (κ3) is 3.63. The minimum absolute atomic E-state index is 0.0605. The first-order valence-electron chi connectivity index (χ1n) is 6.91. The largest absolute Gasteiger partial charge is 0.487 e. The van der Waals surface area contributed by atoms with Crippen LogP contribution in [0.3, 0.4) is 0 Å². The van der Waals surface area contributed by atoms with Crippen molar-refractivity contribution in [3.63, 3.8) is 0 Å². The Morgan fingerprint density at radius 1 is 1.60 bits per heavy atom. The Balaban J connectivity index is 2.01. The Kier molecular flexibility index (Phi) is 4.49. The van der Waals surface area contributed by atoms with E-state index in [2.05, 4.69) is 11.4 Å². The molecule has 0 fully saturated rings. The molecule has 0 amide bonds. The van der Waals surface area contributed by atoms with Gasteiger partial charge >= 0.3 is 5.97 Å². The van der Waals surface area contributed by atoms with Gasteiger partial charge in [0.25, 0.3) is 0 Å². The minimum atomic E-state index is -0.797. The van der Waals surface area contributed by atoms with Crippen LogP contribution < -0.4 is 10.1 Å². The SMILES string of the molecule is CC1CNc2cc(CC(C)N(C)CC(=O)O)ccc2O1. The fourth-order valence-electron chi connectivity index (χ4n) is 2.32. The summed E-state index contributed by atoms with van der Waals surface area (Å²) in [4.78, 5) is 12.6. The van der Waals surface area contributed by atoms with E-state index in [1.807, 2.05) is 37.9 Å². The maximum atomic E-state index is 10.7. The number of fused-ring (bicyclic) bond motifs is 1. The Hall–Kier alpha value is -1.75. The zero-order valence-corrected chi connectivity index (χ0v) is 12.2. The summed E-state index contributed by atoms with van der Waals surface area (Å²) in [6.45, 7) is 4.94. The van der Waals surface area contributed by atoms with E-state index in [1.165, 1.54) is 5.56 Å². The Morgan fingerprint density at radius 2 is 2.35 bits per heavy atom. The zero-order valence-electron chi connectivity index (χ0n) is 12.2. The Bertz CT molecular complexity index is 490. The molecule has 110 valence electrons. The molecule has 1 aliphatic rings. The van der Waals surface area contributed by atoms with Crippen LogP contribution in [0.15, 0.2) is 18.2 Å². The monoisotopic (exact) mass is 278 g/mol. The summed E-state index contributed by atoms with van der Waals surface area (Å²) in [6.07, 6.45) is 1.00. The molecule has 5 nitrogen and oxygen atoms in total. The fraction of sp³-hybridized carbons (Fsp3) is 0.533. The third-order valence-corrected chi connectivity index (χ3v) is 3.62. The average Bonchev–Trinajstić information content (AvgIpc) is 2.38. The molecule has 0 aliphatic carbocycles. The maximum Gasteiger partial charge on any atom is 0.317 e. The number of ether oxygens (including phenoxy) is 1. The molecule has 2 unspecified atom stereocenters. The normalized spacial score (nSPS) is 18.9. The van der Waals surface area contributed by atoms with E-state index in [1.54, 1.807) is 0 Å². The van der Waals surface area contributed by atoms with Crippen molar-refractivity contribution in [2.24, 2.45) is 0 Å². The van der Waals surface area contributed by atoms with Crippen molar-refractivity contribution in [3.8, 4) is 5.75 Å². The van der Waals surface area contributed by atoms with Gasteiger partial charge in [0.05, 0.1) is 18.8 Å². The topological polar surface area (TPSA) is 61.8 Å². The van der Waals surface area contributed by atoms with E-state index >= 15 is 0 Å². The second-order valence-electron chi connectivity index (χ2n) is 5.50. The predicted molar refractivity (Wildman–Crippen MR) is 78.5 cm³/mol. The lowest BCUT2D eigenvalue weighted by atomic mass is 10.0. The molecule has 0 radical (unpaired) electrons. The lowest BCUT2D eigenvalue weighted by Gasteiger charge is -2.26. The van der Waals surface area contributed by atoms with Gasteiger partial charge in [-0.1, -0.05) is 6.07 Å². The summed E-state index contributed by atoms with van der Waals surface area (Å²) in [5, 5.41) is 12.2. The lowest BCUT2D eigenvalue weighted by molar-refractivity contribution is -0.138. The number of carbonyl (C=O) groups is 1. The van der Waals surface area contributed by atoms with Crippen LogP contribution in [0.5, 0.6) is 5.75 Å². The number of aliphatic carboxylic acids is 1. The minimum Gasteiger partial charge on any atom is -0.487 e. The Morgan fingerprint density at radius 3 is 3.05 bits per heavy atom. The molecule has 2 rings (SSSR count). The molecular weight excluding hydrogens is 256 g/mol. The van der Waals surface area contributed by atoms with E-state index in [4.69, 9.17) is 9.84 Å². The van der Waals surface area contributed by atoms with Crippen molar-refractivity contribution in [3.05, 3.63) is 23.8 Å². The standard InChI is InChI=1S/C15H22N2O3/c1-10(17(3)9-15(18)19)6-12-4-5-14-13(7-12)16-8-11(2)20-14/h4-5,7,10-11,16H,6,8-9H2,1-3H3,(H,18,19). The van der Waals surface area contributed by atoms with E-state index in [0.29, 0.717) is 0 Å². The smallest absolute Gasteiger partial charge is 0.317 e. The lowest BCUT2D eigenvalue weighted by Crippen LogP contribution is -2.35. The van der Waals surface area contributed by atoms with E-state index < -0.39 is 5.97 Å². The second kappa shape index (κ2) is 6.13. The van der Waals surface area contributed by atoms with Crippen LogP contribution in [0.4, 0.5) is 5.69 Å². The second-order valence-corrected chi connectivity index (χ2v) is 5.50. The van der Waals surface area contributed by atoms with Gasteiger partial charge in [-0.3, -0.25) is 9.69 Å². The first kappa shape index (κ1) is 14.7. The highest BCUT2D eigenvalue weighted by atomic mass is 16.5. The number of anilines is 1. The van der Waals surface area contributed by atoms with Crippen molar-refractivity contribution in [1.29, 1.82) is 0 Å². The van der Waals surface area contributed by atoms with E-state index in [0.717, 1.165) is 24.4 Å². The fourth-order valence-corrected chi connectivity index (χ4v) is 2.32. The first-order chi connectivity index (χ1) is 9.45. The van der Waals surface area contributed by atoms with Crippen LogP contribution >= 0.6 is 0 Å². The quantitative estimate of drug-likeness (QED) is 0.860. The molecule has 20 heavy (non-hydrogen) atoms. The molecular formula is C15H22N2O3. The molecule has 0 saturated carbocycles. The number of carboxylic acid groups (broad SMARTS) is 1. The number of nitrogens with zero attached hydrogens (tertiary/aromatic N) is 1. The van der Waals surface area contributed by atoms with Gasteiger partial charge in [-0.05, 0) is 45.0 Å². The van der Waals surface area contributed by atoms with Gasteiger partial charge in [0.2, 0.25) is 0 Å². The van der Waals surface area contributed by atoms with Crippen LogP contribution in [0.2, 0.25) is 0 Å². The van der Waals surface area contributed by atoms with Crippen LogP contribution in [0, 0.1) is 0 Å². The molecule has 2 N–H and O–H groups in total. The van der Waals surface area contributed by atoms with E-state index in [9.17, 15) is 4.79 Å². The summed E-state index contributed by atoms with van der Waals surface area (Å²) < 4.78 is 5.74. The molecule has 0 aromatic heterocycles. The van der Waals surface area contributed by atoms with Crippen molar-refractivity contribution >= 4 is 11.7 Å². The zero-order chi connectivity index (χ0) is 14.7. The van der Waals surface area contributed by atoms with Gasteiger partial charge in [0.1, 0.15) is 11.9 Å². The van der Waals surface area contributed by atoms with Gasteiger partial charge in [-0.15, -0.1) is 0 Å². The highest BCUT2D eigenvalue weighted by molar-refractivity contribution is 5.69. The molecule has 1 heterocycles. The van der Waals surface area contributed by atoms with Gasteiger partial charge in [0.15, 0.2) is 0 Å². The number of carboxylic acids is 1. The molecule has 1 aliphatic heterocycles. The summed E-state index contributed by atoms with van der Waals surface area (Å²) in [5.74, 6) is 0.0906. The number of hydrogen-bond acceptors (Lipinski definition) is 4. The average molecular weight is 278 g/mol. The molecule has 0 spiro atoms. The first-order valence-corrected chi connectivity index (χ1v) is 6.91. The molecule has 0 saturated heterocycles. The summed E-state index contributed by atoms with van der Waals surface area (Å²) >= 11 is 0. The highest BCUT2D eigenvalue weighted by Crippen LogP contribution is 2.30. The van der Waals surface area contributed by atoms with E-state index in [-0.39, 0.29) is 18.7 Å². The number of nitrogens with one attached hydrogen (secondary N) is 1. The van der Waals surface area contributed by atoms with Crippen molar-refractivity contribution in [2.75, 3.05) is 25.5 Å². The van der Waals surface area contributed by atoms with Crippen LogP contribution in [0.1, 0.15) is 19.4 Å². The molecule has 2 atom stereocenters. The van der Waals surface area contributed by atoms with Crippen LogP contribution in [-0.2, 0) is 11.2 Å². The summed E-state index contributed by atoms with van der Waals surface area (Å²) in [7, 11) is 1.83. The number of benzene rings is 1. The highest BCUT2D eigenvalue weighted by Gasteiger charge is 2.17. The van der Waals surface area contributed by atoms with Gasteiger partial charge in [0, 0.05) is 6.04 Å².